The Morgan fingerprint density at radius 1 is 1.00 bits per heavy atom. The molecule has 1 aromatic rings. The monoisotopic (exact) mass is 333 g/mol. The lowest BCUT2D eigenvalue weighted by Crippen LogP contribution is -2.47. The summed E-state index contributed by atoms with van der Waals surface area (Å²) in [4.78, 5) is 2.53. The van der Waals surface area contributed by atoms with Crippen molar-refractivity contribution in [3.05, 3.63) is 11.9 Å². The maximum Gasteiger partial charge on any atom is 0.0967 e. The third-order valence-electron chi connectivity index (χ3n) is 5.92. The maximum absolute atomic E-state index is 5.45. The highest BCUT2D eigenvalue weighted by Gasteiger charge is 2.24. The zero-order valence-corrected chi connectivity index (χ0v) is 14.7. The first kappa shape index (κ1) is 16.5. The highest BCUT2D eigenvalue weighted by molar-refractivity contribution is 4.95. The van der Waals surface area contributed by atoms with E-state index in [1.807, 2.05) is 0 Å². The average Bonchev–Trinajstić information content (AvgIpc) is 3.29. The van der Waals surface area contributed by atoms with Gasteiger partial charge in [-0.25, -0.2) is 4.68 Å². The molecule has 1 aromatic heterocycles. The Hall–Kier alpha value is -0.980. The van der Waals surface area contributed by atoms with Crippen LogP contribution in [0.3, 0.4) is 0 Å². The van der Waals surface area contributed by atoms with Gasteiger partial charge in [0.05, 0.1) is 17.9 Å². The van der Waals surface area contributed by atoms with Gasteiger partial charge in [-0.15, -0.1) is 5.10 Å². The fourth-order valence-corrected chi connectivity index (χ4v) is 4.42. The van der Waals surface area contributed by atoms with Gasteiger partial charge in [0.1, 0.15) is 0 Å². The molecule has 0 atom stereocenters. The van der Waals surface area contributed by atoms with Gasteiger partial charge in [-0.2, -0.15) is 0 Å². The second kappa shape index (κ2) is 7.93. The molecule has 3 aliphatic rings. The zero-order valence-electron chi connectivity index (χ0n) is 14.7. The smallest absolute Gasteiger partial charge is 0.0967 e. The molecule has 3 heterocycles. The van der Waals surface area contributed by atoms with E-state index in [4.69, 9.17) is 4.74 Å². The Bertz CT molecular complexity index is 499. The second-order valence-corrected chi connectivity index (χ2v) is 7.73. The van der Waals surface area contributed by atoms with Gasteiger partial charge < -0.3 is 10.1 Å². The van der Waals surface area contributed by atoms with Gasteiger partial charge in [0.2, 0.25) is 0 Å². The molecular formula is C18H31N5O. The van der Waals surface area contributed by atoms with Gasteiger partial charge in [0, 0.05) is 44.9 Å². The van der Waals surface area contributed by atoms with Crippen LogP contribution in [0.25, 0.3) is 0 Å². The van der Waals surface area contributed by atoms with Gasteiger partial charge >= 0.3 is 0 Å². The lowest BCUT2D eigenvalue weighted by Gasteiger charge is -2.35. The Morgan fingerprint density at radius 2 is 1.71 bits per heavy atom. The van der Waals surface area contributed by atoms with Crippen molar-refractivity contribution in [3.8, 4) is 0 Å². The number of nitrogens with zero attached hydrogens (tertiary/aromatic N) is 4. The number of hydrogen-bond donors (Lipinski definition) is 1. The van der Waals surface area contributed by atoms with Crippen molar-refractivity contribution in [3.63, 3.8) is 0 Å². The number of rotatable bonds is 5. The lowest BCUT2D eigenvalue weighted by atomic mass is 10.0. The maximum atomic E-state index is 5.45. The van der Waals surface area contributed by atoms with Gasteiger partial charge in [-0.3, -0.25) is 4.90 Å². The molecular weight excluding hydrogens is 302 g/mol. The zero-order chi connectivity index (χ0) is 16.2. The van der Waals surface area contributed by atoms with Crippen molar-refractivity contribution >= 4 is 0 Å². The molecule has 0 unspecified atom stereocenters. The van der Waals surface area contributed by atoms with Crippen LogP contribution in [0.1, 0.15) is 63.1 Å². The van der Waals surface area contributed by atoms with E-state index in [0.717, 1.165) is 38.5 Å². The standard InChI is InChI=1S/C18H31N5O/c1-2-4-18(3-1)23-14-17(20-21-23)13-22-9-5-15(6-10-22)19-16-7-11-24-12-8-16/h14-16,18-19H,1-13H2. The van der Waals surface area contributed by atoms with Crippen molar-refractivity contribution in [2.45, 2.75) is 76.0 Å². The fraction of sp³-hybridized carbons (Fsp3) is 0.889. The summed E-state index contributed by atoms with van der Waals surface area (Å²) >= 11 is 0. The molecule has 2 saturated heterocycles. The molecule has 1 saturated carbocycles. The molecule has 3 fully saturated rings. The van der Waals surface area contributed by atoms with Gasteiger partial charge in [0.15, 0.2) is 0 Å². The van der Waals surface area contributed by atoms with Crippen molar-refractivity contribution in [1.82, 2.24) is 25.2 Å². The SMILES string of the molecule is c1c(CN2CCC(NC3CCOCC3)CC2)nnn1C1CCCC1. The summed E-state index contributed by atoms with van der Waals surface area (Å²) in [5.74, 6) is 0. The van der Waals surface area contributed by atoms with E-state index < -0.39 is 0 Å². The number of aromatic nitrogens is 3. The fourth-order valence-electron chi connectivity index (χ4n) is 4.42. The highest BCUT2D eigenvalue weighted by atomic mass is 16.5. The second-order valence-electron chi connectivity index (χ2n) is 7.73. The van der Waals surface area contributed by atoms with Gasteiger partial charge in [-0.05, 0) is 38.5 Å². The Balaban J connectivity index is 1.21. The third-order valence-corrected chi connectivity index (χ3v) is 5.92. The molecule has 1 aliphatic carbocycles. The highest BCUT2D eigenvalue weighted by Crippen LogP contribution is 2.28. The minimum absolute atomic E-state index is 0.598. The summed E-state index contributed by atoms with van der Waals surface area (Å²) in [5.41, 5.74) is 1.14. The Labute approximate surface area is 144 Å². The van der Waals surface area contributed by atoms with Crippen molar-refractivity contribution in [2.75, 3.05) is 26.3 Å². The summed E-state index contributed by atoms with van der Waals surface area (Å²) in [5, 5.41) is 12.6. The van der Waals surface area contributed by atoms with Crippen LogP contribution in [-0.2, 0) is 11.3 Å². The largest absolute Gasteiger partial charge is 0.381 e. The quantitative estimate of drug-likeness (QED) is 0.894. The van der Waals surface area contributed by atoms with E-state index in [0.29, 0.717) is 18.1 Å². The molecule has 0 amide bonds. The van der Waals surface area contributed by atoms with E-state index in [-0.39, 0.29) is 0 Å². The van der Waals surface area contributed by atoms with Crippen LogP contribution in [0.5, 0.6) is 0 Å². The topological polar surface area (TPSA) is 55.2 Å². The molecule has 24 heavy (non-hydrogen) atoms. The molecule has 0 radical (unpaired) electrons. The van der Waals surface area contributed by atoms with E-state index in [1.54, 1.807) is 0 Å². The summed E-state index contributed by atoms with van der Waals surface area (Å²) in [6.45, 7) is 5.13. The molecule has 6 nitrogen and oxygen atoms in total. The van der Waals surface area contributed by atoms with E-state index >= 15 is 0 Å². The van der Waals surface area contributed by atoms with Crippen molar-refractivity contribution in [2.24, 2.45) is 0 Å². The van der Waals surface area contributed by atoms with Gasteiger partial charge in [0.25, 0.3) is 0 Å². The van der Waals surface area contributed by atoms with Crippen LogP contribution in [0, 0.1) is 0 Å². The minimum atomic E-state index is 0.598. The molecule has 2 aliphatic heterocycles. The molecule has 0 spiro atoms. The normalized spacial score (nSPS) is 25.5. The van der Waals surface area contributed by atoms with Crippen molar-refractivity contribution < 1.29 is 4.74 Å². The summed E-state index contributed by atoms with van der Waals surface area (Å²) in [6.07, 6.45) is 12.2. The number of nitrogens with one attached hydrogen (secondary N) is 1. The molecule has 1 N–H and O–H groups in total. The first-order valence-corrected chi connectivity index (χ1v) is 9.84. The first-order chi connectivity index (χ1) is 11.9. The molecule has 0 bridgehead atoms. The lowest BCUT2D eigenvalue weighted by molar-refractivity contribution is 0.0703. The minimum Gasteiger partial charge on any atom is -0.381 e. The summed E-state index contributed by atoms with van der Waals surface area (Å²) in [7, 11) is 0. The first-order valence-electron chi connectivity index (χ1n) is 9.84. The average molecular weight is 333 g/mol. The Morgan fingerprint density at radius 3 is 2.46 bits per heavy atom. The number of hydrogen-bond acceptors (Lipinski definition) is 5. The van der Waals surface area contributed by atoms with E-state index in [2.05, 4.69) is 31.4 Å². The molecule has 134 valence electrons. The van der Waals surface area contributed by atoms with Crippen LogP contribution in [0.15, 0.2) is 6.20 Å². The van der Waals surface area contributed by atoms with Gasteiger partial charge in [-0.1, -0.05) is 18.1 Å². The number of piperidine rings is 1. The summed E-state index contributed by atoms with van der Waals surface area (Å²) in [6, 6.07) is 1.95. The predicted octanol–water partition coefficient (Wildman–Crippen LogP) is 2.13. The van der Waals surface area contributed by atoms with Crippen LogP contribution >= 0.6 is 0 Å². The van der Waals surface area contributed by atoms with Crippen molar-refractivity contribution in [1.29, 1.82) is 0 Å². The third kappa shape index (κ3) is 4.16. The van der Waals surface area contributed by atoms with Crippen LogP contribution in [0.4, 0.5) is 0 Å². The van der Waals surface area contributed by atoms with Crippen LogP contribution < -0.4 is 5.32 Å². The van der Waals surface area contributed by atoms with E-state index in [1.165, 1.54) is 51.4 Å². The summed E-state index contributed by atoms with van der Waals surface area (Å²) < 4.78 is 7.56. The Kier molecular flexibility index (Phi) is 5.45. The van der Waals surface area contributed by atoms with Crippen LogP contribution in [-0.4, -0.2) is 58.3 Å². The number of likely N-dealkylation sites (tertiary alicyclic amines) is 1. The molecule has 6 heteroatoms. The number of ether oxygens (including phenoxy) is 1. The van der Waals surface area contributed by atoms with Crippen LogP contribution in [0.2, 0.25) is 0 Å². The predicted molar refractivity (Wildman–Crippen MR) is 92.8 cm³/mol. The molecule has 0 aromatic carbocycles. The van der Waals surface area contributed by atoms with E-state index in [9.17, 15) is 0 Å². The molecule has 4 rings (SSSR count).